The van der Waals surface area contributed by atoms with Crippen LogP contribution in [0, 0.1) is 0 Å². The van der Waals surface area contributed by atoms with E-state index in [1.807, 2.05) is 25.4 Å². The van der Waals surface area contributed by atoms with Gasteiger partial charge in [-0.05, 0) is 29.8 Å². The van der Waals surface area contributed by atoms with Gasteiger partial charge < -0.3 is 0 Å². The third kappa shape index (κ3) is 3.81. The van der Waals surface area contributed by atoms with Gasteiger partial charge in [0.1, 0.15) is 0 Å². The number of aromatic nitrogens is 3. The molecule has 0 saturated heterocycles. The maximum absolute atomic E-state index is 12.2. The van der Waals surface area contributed by atoms with Crippen LogP contribution < -0.4 is 4.72 Å². The smallest absolute Gasteiger partial charge is 0.240 e. The number of nitrogens with zero attached hydrogens (tertiary/aromatic N) is 3. The van der Waals surface area contributed by atoms with E-state index in [9.17, 15) is 8.42 Å². The first-order chi connectivity index (χ1) is 11.4. The van der Waals surface area contributed by atoms with Gasteiger partial charge in [0.2, 0.25) is 10.0 Å². The molecule has 0 spiro atoms. The molecule has 0 saturated carbocycles. The van der Waals surface area contributed by atoms with Crippen LogP contribution in [-0.4, -0.2) is 23.2 Å². The zero-order valence-electron chi connectivity index (χ0n) is 12.8. The first kappa shape index (κ1) is 16.6. The molecule has 2 heterocycles. The number of benzene rings is 1. The number of pyridine rings is 1. The van der Waals surface area contributed by atoms with E-state index in [0.29, 0.717) is 5.02 Å². The lowest BCUT2D eigenvalue weighted by molar-refractivity contribution is 0.581. The highest BCUT2D eigenvalue weighted by Gasteiger charge is 2.14. The maximum atomic E-state index is 12.2. The van der Waals surface area contributed by atoms with E-state index >= 15 is 0 Å². The van der Waals surface area contributed by atoms with E-state index < -0.39 is 10.0 Å². The Morgan fingerprint density at radius 3 is 2.67 bits per heavy atom. The number of nitrogens with one attached hydrogen (secondary N) is 1. The van der Waals surface area contributed by atoms with Crippen molar-refractivity contribution in [2.24, 2.45) is 7.05 Å². The number of hydrogen-bond donors (Lipinski definition) is 1. The molecule has 0 aliphatic rings. The molecule has 1 aromatic carbocycles. The van der Waals surface area contributed by atoms with Gasteiger partial charge in [-0.15, -0.1) is 0 Å². The molecule has 0 atom stereocenters. The van der Waals surface area contributed by atoms with Gasteiger partial charge in [0.05, 0.1) is 16.8 Å². The lowest BCUT2D eigenvalue weighted by Gasteiger charge is -2.07. The Morgan fingerprint density at radius 1 is 1.21 bits per heavy atom. The van der Waals surface area contributed by atoms with Gasteiger partial charge in [-0.3, -0.25) is 9.67 Å². The van der Waals surface area contributed by atoms with E-state index in [1.165, 1.54) is 12.1 Å². The fourth-order valence-electron chi connectivity index (χ4n) is 2.15. The van der Waals surface area contributed by atoms with E-state index in [0.717, 1.165) is 16.8 Å². The van der Waals surface area contributed by atoms with Crippen LogP contribution >= 0.6 is 11.6 Å². The summed E-state index contributed by atoms with van der Waals surface area (Å²) in [6.07, 6.45) is 5.23. The van der Waals surface area contributed by atoms with Crippen molar-refractivity contribution in [1.82, 2.24) is 19.5 Å². The van der Waals surface area contributed by atoms with Crippen molar-refractivity contribution in [2.45, 2.75) is 11.4 Å². The molecule has 0 bridgehead atoms. The Balaban J connectivity index is 1.70. The van der Waals surface area contributed by atoms with Gasteiger partial charge in [-0.2, -0.15) is 5.10 Å². The highest BCUT2D eigenvalue weighted by atomic mass is 35.5. The van der Waals surface area contributed by atoms with Crippen molar-refractivity contribution in [3.8, 4) is 11.3 Å². The van der Waals surface area contributed by atoms with Crippen LogP contribution in [0.5, 0.6) is 0 Å². The summed E-state index contributed by atoms with van der Waals surface area (Å²) in [6.45, 7) is 0.148. The molecule has 0 aliphatic carbocycles. The molecule has 3 rings (SSSR count). The summed E-state index contributed by atoms with van der Waals surface area (Å²) in [7, 11) is -1.78. The van der Waals surface area contributed by atoms with Crippen LogP contribution in [-0.2, 0) is 23.6 Å². The minimum absolute atomic E-state index is 0.134. The third-order valence-electron chi connectivity index (χ3n) is 3.40. The van der Waals surface area contributed by atoms with Gasteiger partial charge in [-0.25, -0.2) is 13.1 Å². The van der Waals surface area contributed by atoms with Crippen LogP contribution in [0.15, 0.2) is 59.9 Å². The summed E-state index contributed by atoms with van der Waals surface area (Å²) in [6, 6.07) is 9.80. The summed E-state index contributed by atoms with van der Waals surface area (Å²) >= 11 is 5.84. The molecule has 2 aromatic heterocycles. The Hall–Kier alpha value is -2.22. The normalized spacial score (nSPS) is 11.6. The van der Waals surface area contributed by atoms with Crippen molar-refractivity contribution in [2.75, 3.05) is 0 Å². The molecular weight excluding hydrogens is 348 g/mol. The Morgan fingerprint density at radius 2 is 2.04 bits per heavy atom. The fraction of sp³-hybridized carbons (Fsp3) is 0.125. The van der Waals surface area contributed by atoms with Crippen LogP contribution in [0.2, 0.25) is 5.02 Å². The second-order valence-electron chi connectivity index (χ2n) is 5.24. The second kappa shape index (κ2) is 6.72. The number of halogens is 1. The molecule has 1 N–H and O–H groups in total. The Bertz CT molecular complexity index is 952. The van der Waals surface area contributed by atoms with Crippen LogP contribution in [0.1, 0.15) is 5.56 Å². The predicted molar refractivity (Wildman–Crippen MR) is 91.9 cm³/mol. The topological polar surface area (TPSA) is 76.9 Å². The predicted octanol–water partition coefficient (Wildman–Crippen LogP) is 2.61. The highest BCUT2D eigenvalue weighted by molar-refractivity contribution is 7.89. The molecule has 0 radical (unpaired) electrons. The molecule has 0 fully saturated rings. The molecule has 124 valence electrons. The monoisotopic (exact) mass is 362 g/mol. The molecule has 0 unspecified atom stereocenters. The van der Waals surface area contributed by atoms with E-state index in [2.05, 4.69) is 14.8 Å². The zero-order chi connectivity index (χ0) is 17.2. The largest absolute Gasteiger partial charge is 0.275 e. The van der Waals surface area contributed by atoms with Crippen molar-refractivity contribution in [1.29, 1.82) is 0 Å². The quantitative estimate of drug-likeness (QED) is 0.756. The molecular formula is C16H15ClN4O2S. The first-order valence-corrected chi connectivity index (χ1v) is 8.99. The molecule has 8 heteroatoms. The number of rotatable bonds is 5. The number of aryl methyl sites for hydroxylation is 1. The van der Waals surface area contributed by atoms with Crippen molar-refractivity contribution in [3.05, 3.63) is 65.6 Å². The van der Waals surface area contributed by atoms with E-state index in [4.69, 9.17) is 11.6 Å². The standard InChI is InChI=1S/C16H15ClN4O2S/c1-21-11-13(10-19-21)16-6-5-12(8-18-16)9-20-24(22,23)15-4-2-3-14(17)7-15/h2-8,10-11,20H,9H2,1H3. The summed E-state index contributed by atoms with van der Waals surface area (Å²) in [5, 5.41) is 4.47. The molecule has 0 aliphatic heterocycles. The van der Waals surface area contributed by atoms with Crippen molar-refractivity contribution in [3.63, 3.8) is 0 Å². The summed E-state index contributed by atoms with van der Waals surface area (Å²) in [5.74, 6) is 0. The second-order valence-corrected chi connectivity index (χ2v) is 7.44. The van der Waals surface area contributed by atoms with E-state index in [-0.39, 0.29) is 11.4 Å². The molecule has 3 aromatic rings. The van der Waals surface area contributed by atoms with Crippen LogP contribution in [0.4, 0.5) is 0 Å². The van der Waals surface area contributed by atoms with Crippen molar-refractivity contribution < 1.29 is 8.42 Å². The average Bonchev–Trinajstić information content (AvgIpc) is 3.00. The van der Waals surface area contributed by atoms with E-state index in [1.54, 1.807) is 29.2 Å². The summed E-state index contributed by atoms with van der Waals surface area (Å²) < 4.78 is 28.7. The van der Waals surface area contributed by atoms with Gasteiger partial charge >= 0.3 is 0 Å². The molecule has 24 heavy (non-hydrogen) atoms. The Labute approximate surface area is 145 Å². The minimum atomic E-state index is -3.62. The van der Waals surface area contributed by atoms with Gasteiger partial charge in [0, 0.05) is 36.6 Å². The first-order valence-electron chi connectivity index (χ1n) is 7.13. The fourth-order valence-corrected chi connectivity index (χ4v) is 3.47. The summed E-state index contributed by atoms with van der Waals surface area (Å²) in [4.78, 5) is 4.47. The lowest BCUT2D eigenvalue weighted by Crippen LogP contribution is -2.23. The molecule has 6 nitrogen and oxygen atoms in total. The van der Waals surface area contributed by atoms with Crippen LogP contribution in [0.3, 0.4) is 0 Å². The Kier molecular flexibility index (Phi) is 4.66. The highest BCUT2D eigenvalue weighted by Crippen LogP contribution is 2.17. The third-order valence-corrected chi connectivity index (χ3v) is 5.03. The summed E-state index contributed by atoms with van der Waals surface area (Å²) in [5.41, 5.74) is 2.45. The lowest BCUT2D eigenvalue weighted by atomic mass is 10.2. The maximum Gasteiger partial charge on any atom is 0.240 e. The van der Waals surface area contributed by atoms with Gasteiger partial charge in [0.15, 0.2) is 0 Å². The minimum Gasteiger partial charge on any atom is -0.275 e. The van der Waals surface area contributed by atoms with Gasteiger partial charge in [-0.1, -0.05) is 23.7 Å². The number of sulfonamides is 1. The number of hydrogen-bond acceptors (Lipinski definition) is 4. The van der Waals surface area contributed by atoms with Gasteiger partial charge in [0.25, 0.3) is 0 Å². The van der Waals surface area contributed by atoms with Crippen LogP contribution in [0.25, 0.3) is 11.3 Å². The average molecular weight is 363 g/mol. The zero-order valence-corrected chi connectivity index (χ0v) is 14.4. The SMILES string of the molecule is Cn1cc(-c2ccc(CNS(=O)(=O)c3cccc(Cl)c3)cn2)cn1. The molecule has 0 amide bonds. The van der Waals surface area contributed by atoms with Crippen molar-refractivity contribution >= 4 is 21.6 Å².